The Hall–Kier alpha value is -3.81. The van der Waals surface area contributed by atoms with E-state index in [9.17, 15) is 9.59 Å². The SMILES string of the molecule is Cc1oc(C2CC2)nc1CC(=O)Nc1cncc(C(=O)c2cn(C(C)C)c3ccncc23)c1. The largest absolute Gasteiger partial charge is 0.445 e. The van der Waals surface area contributed by atoms with Gasteiger partial charge in [-0.05, 0) is 45.7 Å². The minimum atomic E-state index is -0.235. The first-order chi connectivity index (χ1) is 15.9. The Balaban J connectivity index is 1.36. The van der Waals surface area contributed by atoms with Crippen LogP contribution < -0.4 is 5.32 Å². The van der Waals surface area contributed by atoms with Gasteiger partial charge in [0.1, 0.15) is 5.76 Å². The summed E-state index contributed by atoms with van der Waals surface area (Å²) in [6, 6.07) is 3.75. The number of aryl methyl sites for hydroxylation is 1. The van der Waals surface area contributed by atoms with Crippen LogP contribution in [0, 0.1) is 6.92 Å². The van der Waals surface area contributed by atoms with Crippen LogP contribution >= 0.6 is 0 Å². The number of aromatic nitrogens is 4. The molecule has 1 fully saturated rings. The summed E-state index contributed by atoms with van der Waals surface area (Å²) in [6.07, 6.45) is 10.6. The first kappa shape index (κ1) is 21.1. The van der Waals surface area contributed by atoms with E-state index in [1.54, 1.807) is 18.5 Å². The van der Waals surface area contributed by atoms with Gasteiger partial charge in [0.25, 0.3) is 0 Å². The fraction of sp³-hybridized carbons (Fsp3) is 0.320. The molecule has 1 saturated carbocycles. The molecule has 0 unspecified atom stereocenters. The minimum absolute atomic E-state index is 0.105. The standard InChI is InChI=1S/C25H25N5O3/c1-14(2)30-13-20(19-12-26-7-6-22(19)30)24(32)17-8-18(11-27-10-17)28-23(31)9-21-15(3)33-25(29-21)16-4-5-16/h6-8,10-14,16H,4-5,9H2,1-3H3,(H,28,31). The van der Waals surface area contributed by atoms with Gasteiger partial charge in [0.2, 0.25) is 5.91 Å². The smallest absolute Gasteiger partial charge is 0.230 e. The molecule has 0 bridgehead atoms. The molecule has 0 aliphatic heterocycles. The van der Waals surface area contributed by atoms with Gasteiger partial charge in [-0.2, -0.15) is 0 Å². The molecule has 4 aromatic rings. The van der Waals surface area contributed by atoms with Crippen molar-refractivity contribution in [1.82, 2.24) is 19.5 Å². The van der Waals surface area contributed by atoms with Crippen molar-refractivity contribution in [2.75, 3.05) is 5.32 Å². The van der Waals surface area contributed by atoms with Gasteiger partial charge in [-0.25, -0.2) is 4.98 Å². The number of carbonyl (C=O) groups is 2. The molecule has 1 N–H and O–H groups in total. The molecule has 4 heterocycles. The van der Waals surface area contributed by atoms with Crippen molar-refractivity contribution in [3.8, 4) is 0 Å². The maximum Gasteiger partial charge on any atom is 0.230 e. The van der Waals surface area contributed by atoms with E-state index in [4.69, 9.17) is 4.42 Å². The molecule has 8 heteroatoms. The first-order valence-electron chi connectivity index (χ1n) is 11.1. The van der Waals surface area contributed by atoms with Crippen LogP contribution in [0.3, 0.4) is 0 Å². The number of anilines is 1. The number of pyridine rings is 2. The van der Waals surface area contributed by atoms with E-state index in [1.165, 1.54) is 12.4 Å². The third kappa shape index (κ3) is 4.16. The molecule has 0 aromatic carbocycles. The second kappa shape index (κ2) is 8.27. The minimum Gasteiger partial charge on any atom is -0.445 e. The Labute approximate surface area is 191 Å². The third-order valence-electron chi connectivity index (χ3n) is 5.88. The number of fused-ring (bicyclic) bond motifs is 1. The highest BCUT2D eigenvalue weighted by atomic mass is 16.4. The van der Waals surface area contributed by atoms with Gasteiger partial charge in [-0.3, -0.25) is 19.6 Å². The molecule has 33 heavy (non-hydrogen) atoms. The molecule has 5 rings (SSSR count). The number of carbonyl (C=O) groups excluding carboxylic acids is 2. The van der Waals surface area contributed by atoms with Crippen LogP contribution in [0.25, 0.3) is 10.9 Å². The van der Waals surface area contributed by atoms with Crippen LogP contribution in [0.1, 0.15) is 71.9 Å². The summed E-state index contributed by atoms with van der Waals surface area (Å²) in [7, 11) is 0. The third-order valence-corrected chi connectivity index (χ3v) is 5.88. The Morgan fingerprint density at radius 2 is 2.03 bits per heavy atom. The highest BCUT2D eigenvalue weighted by molar-refractivity contribution is 6.16. The lowest BCUT2D eigenvalue weighted by Gasteiger charge is -2.08. The summed E-state index contributed by atoms with van der Waals surface area (Å²) >= 11 is 0. The maximum atomic E-state index is 13.3. The van der Waals surface area contributed by atoms with Gasteiger partial charge in [0, 0.05) is 53.3 Å². The van der Waals surface area contributed by atoms with E-state index in [1.807, 2.05) is 19.2 Å². The van der Waals surface area contributed by atoms with Crippen molar-refractivity contribution in [3.63, 3.8) is 0 Å². The number of nitrogens with zero attached hydrogens (tertiary/aromatic N) is 4. The van der Waals surface area contributed by atoms with Gasteiger partial charge in [-0.1, -0.05) is 0 Å². The molecule has 0 radical (unpaired) electrons. The molecule has 4 aromatic heterocycles. The Kier molecular flexibility index (Phi) is 5.28. The molecule has 8 nitrogen and oxygen atoms in total. The van der Waals surface area contributed by atoms with E-state index < -0.39 is 0 Å². The van der Waals surface area contributed by atoms with Crippen molar-refractivity contribution in [1.29, 1.82) is 0 Å². The number of rotatable bonds is 7. The van der Waals surface area contributed by atoms with Crippen LogP contribution in [0.15, 0.2) is 47.5 Å². The maximum absolute atomic E-state index is 13.3. The quantitative estimate of drug-likeness (QED) is 0.419. The number of ketones is 1. The Morgan fingerprint density at radius 3 is 2.79 bits per heavy atom. The molecule has 1 amide bonds. The van der Waals surface area contributed by atoms with Crippen molar-refractivity contribution in [3.05, 3.63) is 71.6 Å². The average molecular weight is 444 g/mol. The summed E-state index contributed by atoms with van der Waals surface area (Å²) in [5.41, 5.74) is 3.01. The lowest BCUT2D eigenvalue weighted by Crippen LogP contribution is -2.16. The molecule has 168 valence electrons. The Morgan fingerprint density at radius 1 is 1.21 bits per heavy atom. The fourth-order valence-corrected chi connectivity index (χ4v) is 3.97. The van der Waals surface area contributed by atoms with Crippen LogP contribution in [0.4, 0.5) is 5.69 Å². The summed E-state index contributed by atoms with van der Waals surface area (Å²) in [6.45, 7) is 5.96. The van der Waals surface area contributed by atoms with Crippen molar-refractivity contribution < 1.29 is 14.0 Å². The summed E-state index contributed by atoms with van der Waals surface area (Å²) in [4.78, 5) is 38.8. The molecule has 0 atom stereocenters. The highest BCUT2D eigenvalue weighted by Crippen LogP contribution is 2.40. The van der Waals surface area contributed by atoms with Gasteiger partial charge in [0.15, 0.2) is 11.7 Å². The van der Waals surface area contributed by atoms with Crippen LogP contribution in [-0.4, -0.2) is 31.2 Å². The van der Waals surface area contributed by atoms with Gasteiger partial charge in [0.05, 0.1) is 29.5 Å². The summed E-state index contributed by atoms with van der Waals surface area (Å²) in [5, 5.41) is 3.62. The molecular formula is C25H25N5O3. The van der Waals surface area contributed by atoms with Gasteiger partial charge >= 0.3 is 0 Å². The molecule has 1 aliphatic rings. The molecular weight excluding hydrogens is 418 g/mol. The van der Waals surface area contributed by atoms with Crippen LogP contribution in [-0.2, 0) is 11.2 Å². The second-order valence-electron chi connectivity index (χ2n) is 8.78. The number of nitrogens with one attached hydrogen (secondary N) is 1. The number of hydrogen-bond donors (Lipinski definition) is 1. The van der Waals surface area contributed by atoms with E-state index in [0.29, 0.717) is 34.2 Å². The number of hydrogen-bond acceptors (Lipinski definition) is 6. The molecule has 0 spiro atoms. The van der Waals surface area contributed by atoms with Crippen molar-refractivity contribution in [2.45, 2.75) is 52.0 Å². The van der Waals surface area contributed by atoms with Crippen LogP contribution in [0.5, 0.6) is 0 Å². The molecule has 0 saturated heterocycles. The number of oxazole rings is 1. The zero-order valence-corrected chi connectivity index (χ0v) is 18.8. The molecule has 1 aliphatic carbocycles. The lowest BCUT2D eigenvalue weighted by atomic mass is 10.0. The van der Waals surface area contributed by atoms with Gasteiger partial charge < -0.3 is 14.3 Å². The first-order valence-corrected chi connectivity index (χ1v) is 11.1. The predicted octanol–water partition coefficient (Wildman–Crippen LogP) is 4.60. The average Bonchev–Trinajstić information content (AvgIpc) is 3.48. The van der Waals surface area contributed by atoms with E-state index in [-0.39, 0.29) is 24.2 Å². The topological polar surface area (TPSA) is 103 Å². The number of amides is 1. The highest BCUT2D eigenvalue weighted by Gasteiger charge is 2.30. The summed E-state index contributed by atoms with van der Waals surface area (Å²) in [5.74, 6) is 1.38. The lowest BCUT2D eigenvalue weighted by molar-refractivity contribution is -0.115. The predicted molar refractivity (Wildman–Crippen MR) is 123 cm³/mol. The van der Waals surface area contributed by atoms with Gasteiger partial charge in [-0.15, -0.1) is 0 Å². The van der Waals surface area contributed by atoms with E-state index in [0.717, 1.165) is 29.6 Å². The van der Waals surface area contributed by atoms with E-state index >= 15 is 0 Å². The van der Waals surface area contributed by atoms with Crippen LogP contribution in [0.2, 0.25) is 0 Å². The monoisotopic (exact) mass is 443 g/mol. The fourth-order valence-electron chi connectivity index (χ4n) is 3.97. The van der Waals surface area contributed by atoms with Crippen molar-refractivity contribution in [2.24, 2.45) is 0 Å². The van der Waals surface area contributed by atoms with Crippen molar-refractivity contribution >= 4 is 28.3 Å². The zero-order valence-electron chi connectivity index (χ0n) is 18.8. The Bertz CT molecular complexity index is 1360. The second-order valence-corrected chi connectivity index (χ2v) is 8.78. The van der Waals surface area contributed by atoms with E-state index in [2.05, 4.69) is 38.7 Å². The summed E-state index contributed by atoms with van der Waals surface area (Å²) < 4.78 is 7.74. The normalized spacial score (nSPS) is 13.6. The zero-order chi connectivity index (χ0) is 23.1.